The fourth-order valence-corrected chi connectivity index (χ4v) is 10.4. The average molecular weight is 794 g/mol. The molecule has 2 aliphatic rings. The van der Waals surface area contributed by atoms with Crippen molar-refractivity contribution in [2.24, 2.45) is 0 Å². The fraction of sp³-hybridized carbons (Fsp3) is 0.281. The monoisotopic (exact) mass is 793 g/mol. The van der Waals surface area contributed by atoms with Gasteiger partial charge in [0.15, 0.2) is 0 Å². The summed E-state index contributed by atoms with van der Waals surface area (Å²) < 4.78 is 5.27. The molecule has 0 atom stereocenters. The Morgan fingerprint density at radius 3 is 1.33 bits per heavy atom. The first-order valence-corrected chi connectivity index (χ1v) is 22.2. The molecule has 0 unspecified atom stereocenters. The zero-order valence-electron chi connectivity index (χ0n) is 38.0. The third kappa shape index (κ3) is 5.60. The van der Waals surface area contributed by atoms with E-state index in [1.165, 1.54) is 99.2 Å². The number of benzene rings is 6. The van der Waals surface area contributed by atoms with E-state index in [0.29, 0.717) is 0 Å². The largest absolute Gasteiger partial charge is 0.310 e. The molecule has 0 N–H and O–H groups in total. The lowest BCUT2D eigenvalue weighted by molar-refractivity contribution is 0.590. The van der Waals surface area contributed by atoms with Crippen LogP contribution in [0.15, 0.2) is 121 Å². The number of nitrogens with zero attached hydrogens (tertiary/aromatic N) is 3. The predicted octanol–water partition coefficient (Wildman–Crippen LogP) is 12.9. The van der Waals surface area contributed by atoms with Crippen molar-refractivity contribution in [3.63, 3.8) is 0 Å². The molecule has 3 nitrogen and oxygen atoms in total. The van der Waals surface area contributed by atoms with Crippen molar-refractivity contribution in [3.05, 3.63) is 144 Å². The highest BCUT2D eigenvalue weighted by molar-refractivity contribution is 7.00. The summed E-state index contributed by atoms with van der Waals surface area (Å²) in [6.07, 6.45) is 1.98. The second-order valence-corrected chi connectivity index (χ2v) is 22.2. The minimum absolute atomic E-state index is 0.0191. The van der Waals surface area contributed by atoms with Gasteiger partial charge in [0, 0.05) is 55.7 Å². The number of hydrogen-bond donors (Lipinski definition) is 0. The van der Waals surface area contributed by atoms with Crippen LogP contribution in [0.4, 0.5) is 0 Å². The van der Waals surface area contributed by atoms with E-state index in [9.17, 15) is 0 Å². The van der Waals surface area contributed by atoms with Gasteiger partial charge in [-0.1, -0.05) is 138 Å². The smallest absolute Gasteiger partial charge is 0.252 e. The molecule has 5 heterocycles. The van der Waals surface area contributed by atoms with Crippen LogP contribution in [-0.2, 0) is 21.7 Å². The van der Waals surface area contributed by atoms with Crippen LogP contribution in [0.5, 0.6) is 0 Å². The van der Waals surface area contributed by atoms with E-state index in [4.69, 9.17) is 4.98 Å². The highest BCUT2D eigenvalue weighted by Gasteiger charge is 2.43. The van der Waals surface area contributed by atoms with Crippen molar-refractivity contribution in [2.75, 3.05) is 0 Å². The quantitative estimate of drug-likeness (QED) is 0.160. The zero-order chi connectivity index (χ0) is 42.7. The molecule has 302 valence electrons. The second-order valence-electron chi connectivity index (χ2n) is 22.2. The van der Waals surface area contributed by atoms with E-state index in [1.54, 1.807) is 0 Å². The van der Waals surface area contributed by atoms with Crippen LogP contribution in [-0.4, -0.2) is 20.8 Å². The van der Waals surface area contributed by atoms with Crippen LogP contribution in [0.2, 0.25) is 0 Å². The molecule has 9 aromatic rings. The van der Waals surface area contributed by atoms with Gasteiger partial charge in [-0.15, -0.1) is 0 Å². The van der Waals surface area contributed by atoms with Crippen molar-refractivity contribution in [2.45, 2.75) is 105 Å². The number of rotatable bonds is 2. The molecular weight excluding hydrogens is 737 g/mol. The maximum atomic E-state index is 4.88. The van der Waals surface area contributed by atoms with Crippen LogP contribution in [0.25, 0.3) is 77.4 Å². The lowest BCUT2D eigenvalue weighted by Gasteiger charge is -2.36. The number of hydrogen-bond acceptors (Lipinski definition) is 1. The Hall–Kier alpha value is -5.87. The summed E-state index contributed by atoms with van der Waals surface area (Å²) >= 11 is 0. The lowest BCUT2D eigenvalue weighted by atomic mass is 9.34. The molecule has 2 aliphatic heterocycles. The molecule has 0 amide bonds. The highest BCUT2D eigenvalue weighted by atomic mass is 15.0. The summed E-state index contributed by atoms with van der Waals surface area (Å²) in [5.74, 6) is 0. The van der Waals surface area contributed by atoms with Gasteiger partial charge in [0.2, 0.25) is 0 Å². The summed E-state index contributed by atoms with van der Waals surface area (Å²) in [6, 6.07) is 44.7. The Morgan fingerprint density at radius 1 is 0.410 bits per heavy atom. The normalized spacial score (nSPS) is 13.9. The summed E-state index contributed by atoms with van der Waals surface area (Å²) in [4.78, 5) is 4.88. The molecule has 0 radical (unpaired) electrons. The summed E-state index contributed by atoms with van der Waals surface area (Å²) in [5.41, 5.74) is 21.8. The maximum Gasteiger partial charge on any atom is 0.252 e. The van der Waals surface area contributed by atoms with Crippen molar-refractivity contribution in [3.8, 4) is 33.8 Å². The Bertz CT molecular complexity index is 3150. The molecule has 0 spiro atoms. The zero-order valence-corrected chi connectivity index (χ0v) is 38.0. The van der Waals surface area contributed by atoms with Gasteiger partial charge in [0.25, 0.3) is 6.71 Å². The first-order valence-electron chi connectivity index (χ1n) is 22.2. The molecule has 0 saturated heterocycles. The molecule has 6 aromatic carbocycles. The van der Waals surface area contributed by atoms with E-state index < -0.39 is 0 Å². The van der Waals surface area contributed by atoms with Crippen molar-refractivity contribution in [1.29, 1.82) is 0 Å². The van der Waals surface area contributed by atoms with Gasteiger partial charge in [-0.25, -0.2) is 0 Å². The van der Waals surface area contributed by atoms with Crippen molar-refractivity contribution in [1.82, 2.24) is 14.1 Å². The van der Waals surface area contributed by atoms with Gasteiger partial charge in [-0.05, 0) is 132 Å². The Labute approximate surface area is 361 Å². The summed E-state index contributed by atoms with van der Waals surface area (Å²) in [5, 5.41) is 5.36. The lowest BCUT2D eigenvalue weighted by Crippen LogP contribution is -2.59. The van der Waals surface area contributed by atoms with Crippen LogP contribution in [0.1, 0.15) is 105 Å². The van der Waals surface area contributed by atoms with Crippen LogP contribution in [0.3, 0.4) is 0 Å². The topological polar surface area (TPSA) is 22.8 Å². The Balaban J connectivity index is 1.35. The van der Waals surface area contributed by atoms with Gasteiger partial charge in [0.05, 0.1) is 16.7 Å². The van der Waals surface area contributed by atoms with Gasteiger partial charge in [0.1, 0.15) is 0 Å². The first-order chi connectivity index (χ1) is 28.8. The average Bonchev–Trinajstić information content (AvgIpc) is 3.73. The molecule has 0 aliphatic carbocycles. The van der Waals surface area contributed by atoms with E-state index in [1.807, 2.05) is 6.20 Å². The second kappa shape index (κ2) is 12.4. The van der Waals surface area contributed by atoms with Crippen LogP contribution >= 0.6 is 0 Å². The van der Waals surface area contributed by atoms with Crippen LogP contribution < -0.4 is 16.4 Å². The molecule has 0 fully saturated rings. The highest BCUT2D eigenvalue weighted by Crippen LogP contribution is 2.44. The van der Waals surface area contributed by atoms with E-state index in [0.717, 1.165) is 16.8 Å². The van der Waals surface area contributed by atoms with Gasteiger partial charge in [-0.2, -0.15) is 0 Å². The van der Waals surface area contributed by atoms with Crippen molar-refractivity contribution < 1.29 is 0 Å². The minimum atomic E-state index is -0.0407. The first kappa shape index (κ1) is 38.1. The maximum absolute atomic E-state index is 4.88. The van der Waals surface area contributed by atoms with E-state index >= 15 is 0 Å². The third-order valence-electron chi connectivity index (χ3n) is 13.9. The van der Waals surface area contributed by atoms with Gasteiger partial charge in [-0.3, -0.25) is 4.98 Å². The predicted molar refractivity (Wildman–Crippen MR) is 263 cm³/mol. The summed E-state index contributed by atoms with van der Waals surface area (Å²) in [6.45, 7) is 28.3. The molecular formula is C57H56BN3. The minimum Gasteiger partial charge on any atom is -0.310 e. The SMILES string of the molecule is CC(C)(C)c1ccc2c(c1)c1cc(C(C)(C)C)cc3c1n2-c1cc(-c2ccnc(-c4ccccc4)c2)cc2c1B3c1cc(C(C)(C)C)cc3c4cc(C(C)(C)C)ccc4n-2c13. The molecule has 61 heavy (non-hydrogen) atoms. The van der Waals surface area contributed by atoms with E-state index in [-0.39, 0.29) is 28.4 Å². The molecule has 0 bridgehead atoms. The number of fused-ring (bicyclic) bond motifs is 10. The Kier molecular flexibility index (Phi) is 7.73. The number of pyridine rings is 1. The molecule has 11 rings (SSSR count). The molecule has 0 saturated carbocycles. The van der Waals surface area contributed by atoms with Crippen molar-refractivity contribution >= 4 is 66.7 Å². The van der Waals surface area contributed by atoms with Crippen LogP contribution in [0, 0.1) is 0 Å². The fourth-order valence-electron chi connectivity index (χ4n) is 10.4. The summed E-state index contributed by atoms with van der Waals surface area (Å²) in [7, 11) is 0. The standard InChI is InChI=1S/C57H56BN3/c1-54(2,3)36-18-20-47-40(27-36)42-29-38(56(7,8)9)31-44-52(42)60(47)49-25-35(34-22-23-59-46(24-34)33-16-14-13-15-17-33)26-50-51(49)58(44)45-32-39(57(10,11)12)30-43-41-28-37(55(4,5)6)19-21-48(41)61(50)53(43)45/h13-32H,1-12H3. The molecule has 4 heteroatoms. The Morgan fingerprint density at radius 2 is 0.869 bits per heavy atom. The molecule has 3 aromatic heterocycles. The van der Waals surface area contributed by atoms with Gasteiger partial charge >= 0.3 is 0 Å². The van der Waals surface area contributed by atoms with E-state index in [2.05, 4.69) is 207 Å². The van der Waals surface area contributed by atoms with Gasteiger partial charge < -0.3 is 9.13 Å². The third-order valence-corrected chi connectivity index (χ3v) is 13.9. The number of aromatic nitrogens is 3.